The molecule has 4 N–H and O–H groups in total. The van der Waals surface area contributed by atoms with E-state index in [0.29, 0.717) is 25.2 Å². The second-order valence-electron chi connectivity index (χ2n) is 14.0. The standard InChI is InChI=1S/C34H44ClN5O5/c1-34(2)22-18-40(29(27(22)34)32(44)38-24(26(41)17-35)16-21-12-8-14-36-30(21)42)33(45)28(19-9-4-3-5-10-19)39-31(43)25-15-20-11-6-7-13-23(20)37-25/h6-7,11,13,15,19,21-22,24,27-29,37H,3-5,8-10,12,14,16-18H2,1-2H3,(H,36,42)(H,38,44)(H,39,43)/t21-,22-,24-,27-,28-,29-/m0/s1. The second-order valence-corrected chi connectivity index (χ2v) is 14.3. The molecule has 1 aromatic heterocycles. The second kappa shape index (κ2) is 12.8. The van der Waals surface area contributed by atoms with Gasteiger partial charge in [0.15, 0.2) is 5.78 Å². The average Bonchev–Trinajstić information content (AvgIpc) is 3.41. The fraction of sp³-hybridized carbons (Fsp3) is 0.618. The summed E-state index contributed by atoms with van der Waals surface area (Å²) in [5.74, 6) is -2.11. The topological polar surface area (TPSA) is 140 Å². The summed E-state index contributed by atoms with van der Waals surface area (Å²) in [5.41, 5.74) is 1.09. The Bertz CT molecular complexity index is 1450. The quantitative estimate of drug-likeness (QED) is 0.295. The lowest BCUT2D eigenvalue weighted by molar-refractivity contribution is -0.143. The first kappa shape index (κ1) is 31.6. The maximum atomic E-state index is 14.5. The molecule has 10 nitrogen and oxygen atoms in total. The molecule has 2 aliphatic carbocycles. The van der Waals surface area contributed by atoms with Crippen LogP contribution >= 0.6 is 11.6 Å². The summed E-state index contributed by atoms with van der Waals surface area (Å²) < 4.78 is 0. The molecule has 2 aliphatic heterocycles. The Hall–Kier alpha value is -3.40. The highest BCUT2D eigenvalue weighted by Crippen LogP contribution is 2.65. The van der Waals surface area contributed by atoms with Gasteiger partial charge in [0.05, 0.1) is 11.9 Å². The molecule has 4 aliphatic rings. The monoisotopic (exact) mass is 637 g/mol. The third-order valence-corrected chi connectivity index (χ3v) is 11.2. The average molecular weight is 638 g/mol. The Morgan fingerprint density at radius 3 is 2.51 bits per heavy atom. The number of ketones is 1. The van der Waals surface area contributed by atoms with Gasteiger partial charge in [-0.05, 0) is 67.4 Å². The lowest BCUT2D eigenvalue weighted by Gasteiger charge is -2.37. The first-order valence-electron chi connectivity index (χ1n) is 16.5. The van der Waals surface area contributed by atoms with Crippen LogP contribution in [0.2, 0.25) is 0 Å². The number of aromatic amines is 1. The molecule has 3 heterocycles. The number of carbonyl (C=O) groups is 5. The fourth-order valence-corrected chi connectivity index (χ4v) is 8.41. The van der Waals surface area contributed by atoms with Crippen molar-refractivity contribution in [3.8, 4) is 0 Å². The summed E-state index contributed by atoms with van der Waals surface area (Å²) in [6, 6.07) is 6.96. The van der Waals surface area contributed by atoms with E-state index in [1.54, 1.807) is 11.0 Å². The van der Waals surface area contributed by atoms with E-state index in [9.17, 15) is 24.0 Å². The summed E-state index contributed by atoms with van der Waals surface area (Å²) in [5, 5.41) is 9.74. The number of carbonyl (C=O) groups excluding carboxylic acids is 5. The van der Waals surface area contributed by atoms with Crippen molar-refractivity contribution in [3.05, 3.63) is 36.0 Å². The van der Waals surface area contributed by atoms with Crippen LogP contribution in [0.4, 0.5) is 0 Å². The number of aromatic nitrogens is 1. The SMILES string of the molecule is CC1(C)[C@@H]2[C@@H](C(=O)N[C@@H](C[C@@H]3CCCNC3=O)C(=O)CCl)N(C(=O)[C@@H](NC(=O)c3cc4ccccc4[nH]3)C3CCCCC3)C[C@@H]21. The summed E-state index contributed by atoms with van der Waals surface area (Å²) in [6.07, 6.45) is 6.32. The molecule has 0 spiro atoms. The Balaban J connectivity index is 1.24. The molecule has 45 heavy (non-hydrogen) atoms. The Labute approximate surface area is 268 Å². The summed E-state index contributed by atoms with van der Waals surface area (Å²) in [7, 11) is 0. The zero-order valence-corrected chi connectivity index (χ0v) is 26.8. The number of alkyl halides is 1. The molecule has 4 fully saturated rings. The van der Waals surface area contributed by atoms with Crippen molar-refractivity contribution < 1.29 is 24.0 Å². The lowest BCUT2D eigenvalue weighted by Crippen LogP contribution is -2.59. The Kier molecular flexibility index (Phi) is 8.96. The molecule has 0 unspecified atom stereocenters. The van der Waals surface area contributed by atoms with Crippen LogP contribution < -0.4 is 16.0 Å². The molecule has 2 aromatic rings. The number of benzene rings is 1. The van der Waals surface area contributed by atoms with Gasteiger partial charge >= 0.3 is 0 Å². The van der Waals surface area contributed by atoms with Crippen LogP contribution in [-0.4, -0.2) is 76.4 Å². The van der Waals surface area contributed by atoms with Crippen LogP contribution in [0.1, 0.15) is 75.7 Å². The van der Waals surface area contributed by atoms with Crippen molar-refractivity contribution in [2.75, 3.05) is 19.0 Å². The van der Waals surface area contributed by atoms with E-state index >= 15 is 0 Å². The molecule has 6 atom stereocenters. The third-order valence-electron chi connectivity index (χ3n) is 11.0. The first-order chi connectivity index (χ1) is 21.6. The number of halogens is 1. The minimum atomic E-state index is -0.919. The highest BCUT2D eigenvalue weighted by molar-refractivity contribution is 6.28. The zero-order chi connectivity index (χ0) is 31.9. The van der Waals surface area contributed by atoms with E-state index in [4.69, 9.17) is 11.6 Å². The van der Waals surface area contributed by atoms with Gasteiger partial charge in [0, 0.05) is 29.9 Å². The highest BCUT2D eigenvalue weighted by atomic mass is 35.5. The lowest BCUT2D eigenvalue weighted by atomic mass is 9.83. The van der Waals surface area contributed by atoms with Gasteiger partial charge in [-0.1, -0.05) is 51.3 Å². The molecule has 6 rings (SSSR count). The van der Waals surface area contributed by atoms with Gasteiger partial charge in [0.2, 0.25) is 17.7 Å². The van der Waals surface area contributed by atoms with E-state index in [2.05, 4.69) is 34.8 Å². The minimum Gasteiger partial charge on any atom is -0.356 e. The predicted octanol–water partition coefficient (Wildman–Crippen LogP) is 3.54. The summed E-state index contributed by atoms with van der Waals surface area (Å²) in [6.45, 7) is 5.23. The van der Waals surface area contributed by atoms with Crippen molar-refractivity contribution in [1.82, 2.24) is 25.8 Å². The molecule has 2 saturated carbocycles. The van der Waals surface area contributed by atoms with Crippen molar-refractivity contribution >= 4 is 51.9 Å². The molecular formula is C34H44ClN5O5. The van der Waals surface area contributed by atoms with Gasteiger partial charge < -0.3 is 25.8 Å². The zero-order valence-electron chi connectivity index (χ0n) is 26.1. The Morgan fingerprint density at radius 2 is 1.80 bits per heavy atom. The van der Waals surface area contributed by atoms with Gasteiger partial charge in [0.1, 0.15) is 17.8 Å². The number of amides is 4. The molecule has 1 aromatic carbocycles. The van der Waals surface area contributed by atoms with Crippen molar-refractivity contribution in [2.24, 2.45) is 29.1 Å². The van der Waals surface area contributed by atoms with Gasteiger partial charge in [-0.2, -0.15) is 0 Å². The number of nitrogens with zero attached hydrogens (tertiary/aromatic N) is 1. The number of rotatable bonds is 10. The van der Waals surface area contributed by atoms with Crippen LogP contribution in [0.25, 0.3) is 10.9 Å². The number of fused-ring (bicyclic) bond motifs is 2. The van der Waals surface area contributed by atoms with Crippen LogP contribution in [0.5, 0.6) is 0 Å². The number of Topliss-reactive ketones (excluding diaryl/α,β-unsaturated/α-hetero) is 1. The number of hydrogen-bond donors (Lipinski definition) is 4. The van der Waals surface area contributed by atoms with E-state index in [1.807, 2.05) is 24.3 Å². The first-order valence-corrected chi connectivity index (χ1v) is 17.0. The number of para-hydroxylation sites is 1. The van der Waals surface area contributed by atoms with Crippen LogP contribution in [0.3, 0.4) is 0 Å². The van der Waals surface area contributed by atoms with E-state index in [1.165, 1.54) is 0 Å². The maximum Gasteiger partial charge on any atom is 0.268 e. The smallest absolute Gasteiger partial charge is 0.268 e. The largest absolute Gasteiger partial charge is 0.356 e. The molecule has 0 radical (unpaired) electrons. The van der Waals surface area contributed by atoms with Gasteiger partial charge in [0.25, 0.3) is 5.91 Å². The summed E-state index contributed by atoms with van der Waals surface area (Å²) >= 11 is 5.95. The van der Waals surface area contributed by atoms with Gasteiger partial charge in [-0.15, -0.1) is 11.6 Å². The van der Waals surface area contributed by atoms with Crippen molar-refractivity contribution in [1.29, 1.82) is 0 Å². The van der Waals surface area contributed by atoms with Crippen LogP contribution in [0, 0.1) is 29.1 Å². The number of likely N-dealkylation sites (tertiary alicyclic amines) is 1. The molecule has 0 bridgehead atoms. The number of hydrogen-bond acceptors (Lipinski definition) is 5. The number of piperidine rings is 2. The van der Waals surface area contributed by atoms with Crippen LogP contribution in [0.15, 0.2) is 30.3 Å². The predicted molar refractivity (Wildman–Crippen MR) is 170 cm³/mol. The van der Waals surface area contributed by atoms with E-state index in [0.717, 1.165) is 49.4 Å². The molecule has 11 heteroatoms. The molecule has 242 valence electrons. The molecule has 4 amide bonds. The van der Waals surface area contributed by atoms with Crippen molar-refractivity contribution in [3.63, 3.8) is 0 Å². The van der Waals surface area contributed by atoms with E-state index < -0.39 is 30.0 Å². The van der Waals surface area contributed by atoms with Crippen LogP contribution in [-0.2, 0) is 19.2 Å². The van der Waals surface area contributed by atoms with Gasteiger partial charge in [-0.25, -0.2) is 0 Å². The Morgan fingerprint density at radius 1 is 1.04 bits per heavy atom. The van der Waals surface area contributed by atoms with Crippen molar-refractivity contribution in [2.45, 2.75) is 83.3 Å². The van der Waals surface area contributed by atoms with Gasteiger partial charge in [-0.3, -0.25) is 24.0 Å². The third kappa shape index (κ3) is 6.22. The fourth-order valence-electron chi connectivity index (χ4n) is 8.22. The number of nitrogens with one attached hydrogen (secondary N) is 4. The van der Waals surface area contributed by atoms with E-state index in [-0.39, 0.29) is 59.0 Å². The normalized spacial score (nSPS) is 27.3. The maximum absolute atomic E-state index is 14.5. The molecular weight excluding hydrogens is 594 g/mol. The highest BCUT2D eigenvalue weighted by Gasteiger charge is 2.69. The summed E-state index contributed by atoms with van der Waals surface area (Å²) in [4.78, 5) is 72.3. The molecule has 2 saturated heterocycles. The minimum absolute atomic E-state index is 0.0383. The number of H-pyrrole nitrogens is 1.